The molecule has 0 radical (unpaired) electrons. The van der Waals surface area contributed by atoms with Gasteiger partial charge in [0.25, 0.3) is 0 Å². The van der Waals surface area contributed by atoms with Crippen molar-refractivity contribution >= 4 is 38.9 Å². The molecule has 2 N–H and O–H groups in total. The van der Waals surface area contributed by atoms with Gasteiger partial charge in [0.15, 0.2) is 5.11 Å². The molecule has 116 valence electrons. The van der Waals surface area contributed by atoms with Crippen LogP contribution in [0.4, 0.5) is 10.1 Å². The maximum absolute atomic E-state index is 13.8. The Kier molecular flexibility index (Phi) is 5.74. The number of nitrogens with one attached hydrogen (secondary N) is 2. The zero-order valence-corrected chi connectivity index (χ0v) is 14.6. The summed E-state index contributed by atoms with van der Waals surface area (Å²) in [5, 5.41) is 6.35. The summed E-state index contributed by atoms with van der Waals surface area (Å²) in [7, 11) is 1.63. The molecule has 0 aliphatic carbocycles. The second-order valence-corrected chi connectivity index (χ2v) is 6.04. The van der Waals surface area contributed by atoms with Crippen LogP contribution in [0.15, 0.2) is 46.9 Å². The minimum atomic E-state index is -0.365. The first-order valence-electron chi connectivity index (χ1n) is 6.66. The number of hydrogen-bond donors (Lipinski definition) is 2. The van der Waals surface area contributed by atoms with E-state index in [1.54, 1.807) is 19.2 Å². The zero-order chi connectivity index (χ0) is 16.1. The molecule has 22 heavy (non-hydrogen) atoms. The summed E-state index contributed by atoms with van der Waals surface area (Å²) in [6, 6.07) is 12.4. The average Bonchev–Trinajstić information content (AvgIpc) is 2.50. The van der Waals surface area contributed by atoms with Gasteiger partial charge in [-0.1, -0.05) is 28.1 Å². The van der Waals surface area contributed by atoms with Crippen molar-refractivity contribution in [3.05, 3.63) is 58.3 Å². The van der Waals surface area contributed by atoms with Crippen LogP contribution in [0.2, 0.25) is 0 Å². The fraction of sp³-hybridized carbons (Fsp3) is 0.188. The second-order valence-electron chi connectivity index (χ2n) is 4.72. The molecule has 0 saturated heterocycles. The van der Waals surface area contributed by atoms with Gasteiger partial charge in [-0.2, -0.15) is 0 Å². The topological polar surface area (TPSA) is 33.3 Å². The summed E-state index contributed by atoms with van der Waals surface area (Å²) in [6.45, 7) is 1.98. The Hall–Kier alpha value is -1.66. The van der Waals surface area contributed by atoms with Crippen LogP contribution in [-0.2, 0) is 0 Å². The Morgan fingerprint density at radius 2 is 1.91 bits per heavy atom. The fourth-order valence-corrected chi connectivity index (χ4v) is 2.54. The highest BCUT2D eigenvalue weighted by Gasteiger charge is 2.09. The normalized spacial score (nSPS) is 11.6. The van der Waals surface area contributed by atoms with Crippen LogP contribution in [0.1, 0.15) is 18.5 Å². The molecule has 0 aliphatic heterocycles. The van der Waals surface area contributed by atoms with Crippen LogP contribution in [-0.4, -0.2) is 12.2 Å². The third-order valence-electron chi connectivity index (χ3n) is 3.14. The average molecular weight is 383 g/mol. The number of methoxy groups -OCH3 is 1. The van der Waals surface area contributed by atoms with E-state index in [1.807, 2.05) is 31.2 Å². The Balaban J connectivity index is 1.98. The van der Waals surface area contributed by atoms with Gasteiger partial charge in [-0.05, 0) is 55.0 Å². The maximum Gasteiger partial charge on any atom is 0.171 e. The number of rotatable bonds is 4. The van der Waals surface area contributed by atoms with Crippen molar-refractivity contribution in [1.29, 1.82) is 0 Å². The van der Waals surface area contributed by atoms with Crippen molar-refractivity contribution < 1.29 is 9.13 Å². The van der Waals surface area contributed by atoms with Crippen LogP contribution in [0.3, 0.4) is 0 Å². The summed E-state index contributed by atoms with van der Waals surface area (Å²) in [5.74, 6) is 0.434. The predicted molar refractivity (Wildman–Crippen MR) is 94.9 cm³/mol. The highest BCUT2D eigenvalue weighted by molar-refractivity contribution is 9.10. The zero-order valence-electron chi connectivity index (χ0n) is 12.2. The van der Waals surface area contributed by atoms with Crippen molar-refractivity contribution in [3.63, 3.8) is 0 Å². The summed E-state index contributed by atoms with van der Waals surface area (Å²) in [6.07, 6.45) is 0. The highest BCUT2D eigenvalue weighted by atomic mass is 79.9. The van der Waals surface area contributed by atoms with E-state index in [4.69, 9.17) is 17.0 Å². The molecule has 0 aromatic heterocycles. The lowest BCUT2D eigenvalue weighted by atomic mass is 10.1. The largest absolute Gasteiger partial charge is 0.497 e. The van der Waals surface area contributed by atoms with Crippen molar-refractivity contribution in [2.75, 3.05) is 12.4 Å². The molecule has 2 aromatic carbocycles. The summed E-state index contributed by atoms with van der Waals surface area (Å²) >= 11 is 8.45. The summed E-state index contributed by atoms with van der Waals surface area (Å²) in [5.41, 5.74) is 1.39. The molecule has 6 heteroatoms. The Morgan fingerprint density at radius 1 is 1.23 bits per heavy atom. The van der Waals surface area contributed by atoms with Crippen molar-refractivity contribution in [2.45, 2.75) is 13.0 Å². The van der Waals surface area contributed by atoms with Crippen LogP contribution in [0.5, 0.6) is 5.75 Å². The van der Waals surface area contributed by atoms with Crippen LogP contribution in [0.25, 0.3) is 0 Å². The molecule has 1 unspecified atom stereocenters. The number of anilines is 1. The van der Waals surface area contributed by atoms with E-state index >= 15 is 0 Å². The van der Waals surface area contributed by atoms with Gasteiger partial charge in [0, 0.05) is 4.47 Å². The molecule has 0 aliphatic rings. The lowest BCUT2D eigenvalue weighted by Crippen LogP contribution is -2.31. The molecule has 3 nitrogen and oxygen atoms in total. The first-order chi connectivity index (χ1) is 10.5. The first kappa shape index (κ1) is 16.7. The summed E-state index contributed by atoms with van der Waals surface area (Å²) in [4.78, 5) is 0. The van der Waals surface area contributed by atoms with E-state index in [-0.39, 0.29) is 11.9 Å². The summed E-state index contributed by atoms with van der Waals surface area (Å²) < 4.78 is 19.6. The first-order valence-corrected chi connectivity index (χ1v) is 7.86. The van der Waals surface area contributed by atoms with Gasteiger partial charge in [0.2, 0.25) is 0 Å². The quantitative estimate of drug-likeness (QED) is 0.754. The molecule has 0 fully saturated rings. The number of benzene rings is 2. The Labute approximate surface area is 143 Å². The number of halogens is 2. The van der Waals surface area contributed by atoms with Gasteiger partial charge in [-0.25, -0.2) is 4.39 Å². The van der Waals surface area contributed by atoms with E-state index in [2.05, 4.69) is 26.6 Å². The molecule has 0 saturated carbocycles. The third kappa shape index (κ3) is 4.42. The van der Waals surface area contributed by atoms with E-state index in [9.17, 15) is 4.39 Å². The van der Waals surface area contributed by atoms with Crippen molar-refractivity contribution in [3.8, 4) is 5.75 Å². The van der Waals surface area contributed by atoms with Gasteiger partial charge in [0.1, 0.15) is 11.6 Å². The number of hydrogen-bond acceptors (Lipinski definition) is 2. The molecule has 0 heterocycles. The third-order valence-corrected chi connectivity index (χ3v) is 3.86. The van der Waals surface area contributed by atoms with Crippen LogP contribution in [0, 0.1) is 5.82 Å². The minimum absolute atomic E-state index is 0.00980. The molecule has 2 rings (SSSR count). The number of thiocarbonyl (C=S) groups is 1. The molecule has 0 amide bonds. The highest BCUT2D eigenvalue weighted by Crippen LogP contribution is 2.20. The smallest absolute Gasteiger partial charge is 0.171 e. The predicted octanol–water partition coefficient (Wildman–Crippen LogP) is 4.64. The van der Waals surface area contributed by atoms with Crippen LogP contribution < -0.4 is 15.4 Å². The Morgan fingerprint density at radius 3 is 2.50 bits per heavy atom. The van der Waals surface area contributed by atoms with E-state index < -0.39 is 0 Å². The van der Waals surface area contributed by atoms with Crippen LogP contribution >= 0.6 is 28.1 Å². The second kappa shape index (κ2) is 7.56. The van der Waals surface area contributed by atoms with Gasteiger partial charge < -0.3 is 15.4 Å². The molecule has 0 spiro atoms. The lowest BCUT2D eigenvalue weighted by Gasteiger charge is -2.18. The molecular formula is C16H16BrFN2OS. The molecule has 0 bridgehead atoms. The van der Waals surface area contributed by atoms with Gasteiger partial charge in [0.05, 0.1) is 18.8 Å². The standard InChI is InChI=1S/C16H16BrFN2OS/c1-10(11-3-6-13(21-2)7-4-11)19-16(22)20-15-8-5-12(17)9-14(15)18/h3-10H,1-2H3,(H2,19,20,22). The number of ether oxygens (including phenoxy) is 1. The Bertz CT molecular complexity index is 664. The fourth-order valence-electron chi connectivity index (χ4n) is 1.92. The van der Waals surface area contributed by atoms with E-state index in [0.29, 0.717) is 15.3 Å². The minimum Gasteiger partial charge on any atom is -0.497 e. The van der Waals surface area contributed by atoms with Gasteiger partial charge >= 0.3 is 0 Å². The van der Waals surface area contributed by atoms with Gasteiger partial charge in [-0.3, -0.25) is 0 Å². The van der Waals surface area contributed by atoms with Gasteiger partial charge in [-0.15, -0.1) is 0 Å². The molecular weight excluding hydrogens is 367 g/mol. The van der Waals surface area contributed by atoms with Crippen molar-refractivity contribution in [2.24, 2.45) is 0 Å². The van der Waals surface area contributed by atoms with Crippen molar-refractivity contribution in [1.82, 2.24) is 5.32 Å². The lowest BCUT2D eigenvalue weighted by molar-refractivity contribution is 0.414. The van der Waals surface area contributed by atoms with E-state index in [0.717, 1.165) is 11.3 Å². The van der Waals surface area contributed by atoms with E-state index in [1.165, 1.54) is 6.07 Å². The SMILES string of the molecule is COc1ccc(C(C)NC(=S)Nc2ccc(Br)cc2F)cc1. The maximum atomic E-state index is 13.8. The molecule has 1 atom stereocenters. The monoisotopic (exact) mass is 382 g/mol. The molecule has 2 aromatic rings.